The predicted octanol–water partition coefficient (Wildman–Crippen LogP) is 3.71. The number of hydrazone groups is 1. The van der Waals surface area contributed by atoms with E-state index in [1.54, 1.807) is 48.5 Å². The molecule has 0 saturated carbocycles. The van der Waals surface area contributed by atoms with Crippen LogP contribution >= 0.6 is 11.8 Å². The van der Waals surface area contributed by atoms with Crippen LogP contribution in [0.15, 0.2) is 77.0 Å². The van der Waals surface area contributed by atoms with E-state index in [0.29, 0.717) is 27.5 Å². The Morgan fingerprint density at radius 2 is 1.91 bits per heavy atom. The lowest BCUT2D eigenvalue weighted by Crippen LogP contribution is -2.25. The maximum atomic E-state index is 13.1. The molecule has 0 radical (unpaired) electrons. The highest BCUT2D eigenvalue weighted by molar-refractivity contribution is 8.18. The number of thioether (sulfide) groups is 1. The van der Waals surface area contributed by atoms with E-state index in [1.165, 1.54) is 31.6 Å². The van der Waals surface area contributed by atoms with Crippen LogP contribution in [0.4, 0.5) is 4.39 Å². The zero-order chi connectivity index (χ0) is 23.9. The normalized spacial score (nSPS) is 15.3. The Hall–Kier alpha value is -4.18. The number of carbonyl (C=O) groups is 2. The summed E-state index contributed by atoms with van der Waals surface area (Å²) in [5.41, 5.74) is 4.33. The van der Waals surface area contributed by atoms with Gasteiger partial charge in [0.2, 0.25) is 0 Å². The molecule has 2 amide bonds. The number of hydrogen-bond acceptors (Lipinski definition) is 7. The Labute approximate surface area is 198 Å². The van der Waals surface area contributed by atoms with Crippen molar-refractivity contribution in [3.63, 3.8) is 0 Å². The van der Waals surface area contributed by atoms with Crippen molar-refractivity contribution in [2.45, 2.75) is 6.61 Å². The van der Waals surface area contributed by atoms with Gasteiger partial charge in [-0.15, -0.1) is 5.10 Å². The van der Waals surface area contributed by atoms with E-state index in [0.717, 1.165) is 17.3 Å². The van der Waals surface area contributed by atoms with E-state index in [9.17, 15) is 14.0 Å². The SMILES string of the molecule is COc1cc(C=C2SC(=NNC(=O)c3ccncc3)NC2=O)ccc1OCc1ccc(F)cc1. The summed E-state index contributed by atoms with van der Waals surface area (Å²) in [5.74, 6) is -0.0607. The number of aromatic nitrogens is 1. The van der Waals surface area contributed by atoms with Gasteiger partial charge in [0.25, 0.3) is 11.8 Å². The lowest BCUT2D eigenvalue weighted by molar-refractivity contribution is -0.115. The summed E-state index contributed by atoms with van der Waals surface area (Å²) in [7, 11) is 1.52. The quantitative estimate of drug-likeness (QED) is 0.397. The molecule has 1 aliphatic rings. The first-order chi connectivity index (χ1) is 16.5. The van der Waals surface area contributed by atoms with Gasteiger partial charge in [0.05, 0.1) is 12.0 Å². The number of nitrogens with zero attached hydrogens (tertiary/aromatic N) is 2. The second kappa shape index (κ2) is 10.6. The highest BCUT2D eigenvalue weighted by Crippen LogP contribution is 2.32. The number of pyridine rings is 1. The molecule has 2 heterocycles. The highest BCUT2D eigenvalue weighted by atomic mass is 32.2. The van der Waals surface area contributed by atoms with Crippen LogP contribution in [0.1, 0.15) is 21.5 Å². The van der Waals surface area contributed by atoms with E-state index in [-0.39, 0.29) is 23.5 Å². The van der Waals surface area contributed by atoms with Gasteiger partial charge in [0.15, 0.2) is 16.7 Å². The lowest BCUT2D eigenvalue weighted by Gasteiger charge is -2.11. The van der Waals surface area contributed by atoms with Crippen molar-refractivity contribution in [3.8, 4) is 11.5 Å². The van der Waals surface area contributed by atoms with Gasteiger partial charge in [-0.05, 0) is 65.4 Å². The molecular weight excluding hydrogens is 459 g/mol. The second-order valence-corrected chi connectivity index (χ2v) is 8.01. The molecule has 0 unspecified atom stereocenters. The first kappa shape index (κ1) is 23.0. The van der Waals surface area contributed by atoms with Gasteiger partial charge in [-0.3, -0.25) is 19.9 Å². The number of methoxy groups -OCH3 is 1. The molecule has 2 N–H and O–H groups in total. The average molecular weight is 479 g/mol. The topological polar surface area (TPSA) is 102 Å². The summed E-state index contributed by atoms with van der Waals surface area (Å²) in [4.78, 5) is 28.7. The molecule has 0 bridgehead atoms. The smallest absolute Gasteiger partial charge is 0.271 e. The molecule has 1 saturated heterocycles. The Balaban J connectivity index is 1.42. The molecule has 10 heteroatoms. The minimum absolute atomic E-state index is 0.250. The third kappa shape index (κ3) is 5.78. The van der Waals surface area contributed by atoms with E-state index >= 15 is 0 Å². The number of rotatable bonds is 7. The monoisotopic (exact) mass is 478 g/mol. The fraction of sp³-hybridized carbons (Fsp3) is 0.0833. The van der Waals surface area contributed by atoms with Crippen LogP contribution in [0.3, 0.4) is 0 Å². The van der Waals surface area contributed by atoms with Gasteiger partial charge < -0.3 is 9.47 Å². The first-order valence-electron chi connectivity index (χ1n) is 10.1. The fourth-order valence-corrected chi connectivity index (χ4v) is 3.72. The minimum atomic E-state index is -0.414. The molecule has 1 aromatic heterocycles. The zero-order valence-corrected chi connectivity index (χ0v) is 18.8. The molecular formula is C24H19FN4O4S. The molecule has 3 aromatic rings. The molecule has 1 aliphatic heterocycles. The van der Waals surface area contributed by atoms with E-state index in [2.05, 4.69) is 20.8 Å². The molecule has 8 nitrogen and oxygen atoms in total. The van der Waals surface area contributed by atoms with Crippen LogP contribution in [0.2, 0.25) is 0 Å². The van der Waals surface area contributed by atoms with Crippen molar-refractivity contribution in [2.24, 2.45) is 5.10 Å². The number of amidine groups is 1. The number of hydrogen-bond donors (Lipinski definition) is 2. The molecule has 4 rings (SSSR count). The van der Waals surface area contributed by atoms with E-state index in [1.807, 2.05) is 0 Å². The minimum Gasteiger partial charge on any atom is -0.493 e. The number of halogens is 1. The van der Waals surface area contributed by atoms with Crippen LogP contribution < -0.4 is 20.2 Å². The van der Waals surface area contributed by atoms with Gasteiger partial charge >= 0.3 is 0 Å². The third-order valence-electron chi connectivity index (χ3n) is 4.65. The van der Waals surface area contributed by atoms with Gasteiger partial charge in [0.1, 0.15) is 12.4 Å². The molecule has 0 spiro atoms. The first-order valence-corrected chi connectivity index (χ1v) is 10.9. The van der Waals surface area contributed by atoms with Crippen LogP contribution in [0.25, 0.3) is 6.08 Å². The van der Waals surface area contributed by atoms with Crippen molar-refractivity contribution >= 4 is 34.8 Å². The van der Waals surface area contributed by atoms with Crippen LogP contribution in [-0.2, 0) is 11.4 Å². The summed E-state index contributed by atoms with van der Waals surface area (Å²) in [6, 6.07) is 14.4. The summed E-state index contributed by atoms with van der Waals surface area (Å²) in [5, 5.41) is 6.83. The summed E-state index contributed by atoms with van der Waals surface area (Å²) < 4.78 is 24.3. The molecule has 1 fully saturated rings. The largest absolute Gasteiger partial charge is 0.493 e. The molecule has 0 aliphatic carbocycles. The highest BCUT2D eigenvalue weighted by Gasteiger charge is 2.24. The van der Waals surface area contributed by atoms with Gasteiger partial charge in [-0.2, -0.15) is 0 Å². The van der Waals surface area contributed by atoms with Gasteiger partial charge in [-0.1, -0.05) is 18.2 Å². The lowest BCUT2D eigenvalue weighted by atomic mass is 10.2. The average Bonchev–Trinajstić information content (AvgIpc) is 3.21. The van der Waals surface area contributed by atoms with Crippen molar-refractivity contribution in [3.05, 3.63) is 94.4 Å². The number of nitrogens with one attached hydrogen (secondary N) is 2. The van der Waals surface area contributed by atoms with Crippen LogP contribution in [-0.4, -0.2) is 29.1 Å². The number of amides is 2. The summed E-state index contributed by atoms with van der Waals surface area (Å²) >= 11 is 1.10. The predicted molar refractivity (Wildman–Crippen MR) is 127 cm³/mol. The molecule has 0 atom stereocenters. The van der Waals surface area contributed by atoms with Gasteiger partial charge in [-0.25, -0.2) is 9.82 Å². The maximum absolute atomic E-state index is 13.1. The van der Waals surface area contributed by atoms with Crippen LogP contribution in [0, 0.1) is 5.82 Å². The summed E-state index contributed by atoms with van der Waals surface area (Å²) in [6.45, 7) is 0.250. The maximum Gasteiger partial charge on any atom is 0.271 e. The van der Waals surface area contributed by atoms with E-state index in [4.69, 9.17) is 9.47 Å². The number of carbonyl (C=O) groups excluding carboxylic acids is 2. The summed E-state index contributed by atoms with van der Waals surface area (Å²) in [6.07, 6.45) is 4.68. The third-order valence-corrected chi connectivity index (χ3v) is 5.56. The van der Waals surface area contributed by atoms with E-state index < -0.39 is 5.91 Å². The van der Waals surface area contributed by atoms with Crippen molar-refractivity contribution in [1.82, 2.24) is 15.7 Å². The van der Waals surface area contributed by atoms with Crippen molar-refractivity contribution in [2.75, 3.05) is 7.11 Å². The second-order valence-electron chi connectivity index (χ2n) is 6.98. The Morgan fingerprint density at radius 3 is 2.65 bits per heavy atom. The molecule has 172 valence electrons. The standard InChI is InChI=1S/C24H19FN4O4S/c1-32-20-12-16(4-7-19(20)33-14-15-2-5-18(25)6-3-15)13-21-23(31)27-24(34-21)29-28-22(30)17-8-10-26-11-9-17/h2-13H,14H2,1H3,(H,28,30)(H,27,29,31). The van der Waals surface area contributed by atoms with Crippen molar-refractivity contribution in [1.29, 1.82) is 0 Å². The van der Waals surface area contributed by atoms with Crippen LogP contribution in [0.5, 0.6) is 11.5 Å². The van der Waals surface area contributed by atoms with Gasteiger partial charge in [0, 0.05) is 18.0 Å². The zero-order valence-electron chi connectivity index (χ0n) is 17.9. The Bertz CT molecular complexity index is 1260. The number of ether oxygens (including phenoxy) is 2. The Kier molecular flexibility index (Phi) is 7.19. The molecule has 34 heavy (non-hydrogen) atoms. The molecule has 2 aromatic carbocycles. The van der Waals surface area contributed by atoms with Crippen molar-refractivity contribution < 1.29 is 23.5 Å². The number of benzene rings is 2. The Morgan fingerprint density at radius 1 is 1.15 bits per heavy atom. The fourth-order valence-electron chi connectivity index (χ4n) is 2.94.